The Balaban J connectivity index is 2.02. The van der Waals surface area contributed by atoms with Crippen LogP contribution in [0.3, 0.4) is 0 Å². The summed E-state index contributed by atoms with van der Waals surface area (Å²) < 4.78 is 63.6. The molecule has 1 saturated heterocycles. The summed E-state index contributed by atoms with van der Waals surface area (Å²) in [5.74, 6) is 1.30. The fraction of sp³-hybridized carbons (Fsp3) is 0.400. The van der Waals surface area contributed by atoms with Crippen molar-refractivity contribution in [2.24, 2.45) is 0 Å². The summed E-state index contributed by atoms with van der Waals surface area (Å²) in [5.41, 5.74) is 0.632. The monoisotopic (exact) mass is 457 g/mol. The van der Waals surface area contributed by atoms with Gasteiger partial charge in [0.1, 0.15) is 5.75 Å². The molecule has 0 saturated carbocycles. The number of ether oxygens (including phenoxy) is 4. The fourth-order valence-electron chi connectivity index (χ4n) is 3.24. The highest BCUT2D eigenvalue weighted by molar-refractivity contribution is 8.01. The van der Waals surface area contributed by atoms with E-state index in [1.54, 1.807) is 19.1 Å². The van der Waals surface area contributed by atoms with Gasteiger partial charge in [0.2, 0.25) is 10.0 Å². The number of thioether (sulfide) groups is 1. The first kappa shape index (κ1) is 22.5. The molecule has 2 aromatic rings. The molecule has 30 heavy (non-hydrogen) atoms. The first-order valence-corrected chi connectivity index (χ1v) is 11.7. The van der Waals surface area contributed by atoms with Gasteiger partial charge in [0, 0.05) is 23.9 Å². The second-order valence-corrected chi connectivity index (χ2v) is 9.39. The number of nitrogens with zero attached hydrogens (tertiary/aromatic N) is 1. The van der Waals surface area contributed by atoms with Crippen LogP contribution in [0.15, 0.2) is 35.2 Å². The van der Waals surface area contributed by atoms with Gasteiger partial charge in [-0.1, -0.05) is 0 Å². The summed E-state index contributed by atoms with van der Waals surface area (Å²) in [5, 5.41) is -0.556. The summed E-state index contributed by atoms with van der Waals surface area (Å²) in [6, 6.07) is 7.05. The zero-order valence-electron chi connectivity index (χ0n) is 17.2. The van der Waals surface area contributed by atoms with Gasteiger partial charge in [-0.25, -0.2) is 12.8 Å². The SMILES string of the molecule is CCOc1ccc(S(=O)(=O)N2CCSC2c2cc(OC)c(OC)cc2OC)cc1F. The third-order valence-electron chi connectivity index (χ3n) is 4.66. The van der Waals surface area contributed by atoms with Gasteiger partial charge in [-0.05, 0) is 31.2 Å². The van der Waals surface area contributed by atoms with Crippen molar-refractivity contribution in [3.63, 3.8) is 0 Å². The minimum absolute atomic E-state index is 0.0188. The molecule has 0 spiro atoms. The van der Waals surface area contributed by atoms with E-state index in [9.17, 15) is 12.8 Å². The summed E-state index contributed by atoms with van der Waals surface area (Å²) in [7, 11) is 0.563. The van der Waals surface area contributed by atoms with Crippen molar-refractivity contribution >= 4 is 21.8 Å². The van der Waals surface area contributed by atoms with Gasteiger partial charge in [0.25, 0.3) is 0 Å². The lowest BCUT2D eigenvalue weighted by Gasteiger charge is -2.26. The Hall–Kier alpha value is -2.17. The first-order chi connectivity index (χ1) is 14.4. The Morgan fingerprint density at radius 1 is 1.03 bits per heavy atom. The van der Waals surface area contributed by atoms with Gasteiger partial charge >= 0.3 is 0 Å². The minimum Gasteiger partial charge on any atom is -0.496 e. The molecule has 3 rings (SSSR count). The largest absolute Gasteiger partial charge is 0.496 e. The van der Waals surface area contributed by atoms with Gasteiger partial charge in [-0.3, -0.25) is 0 Å². The molecule has 0 N–H and O–H groups in total. The van der Waals surface area contributed by atoms with Crippen LogP contribution < -0.4 is 18.9 Å². The smallest absolute Gasteiger partial charge is 0.244 e. The van der Waals surface area contributed by atoms with Crippen molar-refractivity contribution in [1.29, 1.82) is 0 Å². The molecule has 164 valence electrons. The van der Waals surface area contributed by atoms with Gasteiger partial charge in [-0.2, -0.15) is 4.31 Å². The lowest BCUT2D eigenvalue weighted by atomic mass is 10.1. The van der Waals surface area contributed by atoms with Gasteiger partial charge in [0.15, 0.2) is 23.1 Å². The summed E-state index contributed by atoms with van der Waals surface area (Å²) >= 11 is 1.45. The van der Waals surface area contributed by atoms with Crippen molar-refractivity contribution < 1.29 is 31.8 Å². The van der Waals surface area contributed by atoms with Gasteiger partial charge in [-0.15, -0.1) is 11.8 Å². The summed E-state index contributed by atoms with van der Waals surface area (Å²) in [4.78, 5) is -0.129. The van der Waals surface area contributed by atoms with Crippen LogP contribution in [-0.4, -0.2) is 53.0 Å². The van der Waals surface area contributed by atoms with Crippen LogP contribution in [0.4, 0.5) is 4.39 Å². The van der Waals surface area contributed by atoms with Crippen molar-refractivity contribution in [1.82, 2.24) is 4.31 Å². The Kier molecular flexibility index (Phi) is 6.99. The van der Waals surface area contributed by atoms with E-state index in [4.69, 9.17) is 18.9 Å². The lowest BCUT2D eigenvalue weighted by Crippen LogP contribution is -2.30. The summed E-state index contributed by atoms with van der Waals surface area (Å²) in [6.45, 7) is 2.30. The molecule has 7 nitrogen and oxygen atoms in total. The summed E-state index contributed by atoms with van der Waals surface area (Å²) in [6.07, 6.45) is 0. The van der Waals surface area contributed by atoms with Crippen LogP contribution in [0, 0.1) is 5.82 Å². The molecule has 1 aliphatic heterocycles. The number of rotatable bonds is 8. The fourth-order valence-corrected chi connectivity index (χ4v) is 6.50. The van der Waals surface area contributed by atoms with Crippen LogP contribution in [0.5, 0.6) is 23.0 Å². The minimum atomic E-state index is -3.96. The van der Waals surface area contributed by atoms with E-state index in [2.05, 4.69) is 0 Å². The molecule has 10 heteroatoms. The topological polar surface area (TPSA) is 74.3 Å². The molecular formula is C20H24FNO6S2. The molecule has 1 fully saturated rings. The number of methoxy groups -OCH3 is 3. The van der Waals surface area contributed by atoms with Crippen LogP contribution in [0.1, 0.15) is 17.9 Å². The van der Waals surface area contributed by atoms with E-state index in [1.165, 1.54) is 49.5 Å². The highest BCUT2D eigenvalue weighted by atomic mass is 32.2. The molecular weight excluding hydrogens is 433 g/mol. The third kappa shape index (κ3) is 4.17. The molecule has 0 bridgehead atoms. The highest BCUT2D eigenvalue weighted by Gasteiger charge is 2.39. The van der Waals surface area contributed by atoms with E-state index in [0.29, 0.717) is 28.6 Å². The number of hydrogen-bond donors (Lipinski definition) is 0. The quantitative estimate of drug-likeness (QED) is 0.599. The number of sulfonamides is 1. The molecule has 1 atom stereocenters. The van der Waals surface area contributed by atoms with E-state index in [0.717, 1.165) is 6.07 Å². The van der Waals surface area contributed by atoms with Crippen LogP contribution >= 0.6 is 11.8 Å². The van der Waals surface area contributed by atoms with Crippen LogP contribution in [-0.2, 0) is 10.0 Å². The van der Waals surface area contributed by atoms with E-state index in [-0.39, 0.29) is 23.8 Å². The zero-order chi connectivity index (χ0) is 21.9. The number of hydrogen-bond acceptors (Lipinski definition) is 7. The average molecular weight is 458 g/mol. The highest BCUT2D eigenvalue weighted by Crippen LogP contribution is 2.47. The predicted octanol–water partition coefficient (Wildman–Crippen LogP) is 3.69. The van der Waals surface area contributed by atoms with Crippen molar-refractivity contribution in [3.8, 4) is 23.0 Å². The zero-order valence-corrected chi connectivity index (χ0v) is 18.8. The predicted molar refractivity (Wildman–Crippen MR) is 113 cm³/mol. The molecule has 2 aromatic carbocycles. The Morgan fingerprint density at radius 3 is 2.30 bits per heavy atom. The second-order valence-electron chi connectivity index (χ2n) is 6.31. The number of benzene rings is 2. The van der Waals surface area contributed by atoms with Crippen molar-refractivity contribution in [2.45, 2.75) is 17.2 Å². The molecule has 0 amide bonds. The van der Waals surface area contributed by atoms with Crippen LogP contribution in [0.2, 0.25) is 0 Å². The normalized spacial score (nSPS) is 17.0. The molecule has 0 radical (unpaired) electrons. The molecule has 1 aliphatic rings. The van der Waals surface area contributed by atoms with Crippen molar-refractivity contribution in [2.75, 3.05) is 40.2 Å². The van der Waals surface area contributed by atoms with Gasteiger partial charge < -0.3 is 18.9 Å². The van der Waals surface area contributed by atoms with Crippen molar-refractivity contribution in [3.05, 3.63) is 41.7 Å². The first-order valence-electron chi connectivity index (χ1n) is 9.23. The molecule has 1 heterocycles. The standard InChI is InChI=1S/C20H24FNO6S2/c1-5-28-16-7-6-13(10-15(16)21)30(23,24)22-8-9-29-20(22)14-11-18(26-3)19(27-4)12-17(14)25-2/h6-7,10-12,20H,5,8-9H2,1-4H3. The second kappa shape index (κ2) is 9.32. The van der Waals surface area contributed by atoms with E-state index < -0.39 is 21.2 Å². The molecule has 1 unspecified atom stereocenters. The third-order valence-corrected chi connectivity index (χ3v) is 7.90. The molecule has 0 aliphatic carbocycles. The lowest BCUT2D eigenvalue weighted by molar-refractivity contribution is 0.321. The van der Waals surface area contributed by atoms with E-state index in [1.807, 2.05) is 0 Å². The average Bonchev–Trinajstić information content (AvgIpc) is 3.24. The maximum atomic E-state index is 14.3. The Bertz CT molecular complexity index is 1010. The number of halogens is 1. The Labute approximate surface area is 180 Å². The van der Waals surface area contributed by atoms with E-state index >= 15 is 0 Å². The van der Waals surface area contributed by atoms with Crippen LogP contribution in [0.25, 0.3) is 0 Å². The maximum absolute atomic E-state index is 14.3. The Morgan fingerprint density at radius 2 is 1.70 bits per heavy atom. The maximum Gasteiger partial charge on any atom is 0.244 e. The van der Waals surface area contributed by atoms with Gasteiger partial charge in [0.05, 0.1) is 38.2 Å². The molecule has 0 aromatic heterocycles.